The van der Waals surface area contributed by atoms with Gasteiger partial charge in [0.15, 0.2) is 0 Å². The van der Waals surface area contributed by atoms with Crippen LogP contribution in [0.1, 0.15) is 10.4 Å². The minimum Gasteiger partial charge on any atom is -0.332 e. The molecule has 0 aliphatic rings. The van der Waals surface area contributed by atoms with E-state index < -0.39 is 0 Å². The maximum absolute atomic E-state index is 12.5. The van der Waals surface area contributed by atoms with Gasteiger partial charge in [-0.25, -0.2) is 4.98 Å². The number of benzene rings is 2. The van der Waals surface area contributed by atoms with Gasteiger partial charge in [0.05, 0.1) is 28.0 Å². The molecule has 0 spiro atoms. The normalized spacial score (nSPS) is 10.6. The second-order valence-corrected chi connectivity index (χ2v) is 7.18. The van der Waals surface area contributed by atoms with Crippen molar-refractivity contribution in [3.8, 4) is 0 Å². The Morgan fingerprint density at radius 2 is 2.04 bits per heavy atom. The van der Waals surface area contributed by atoms with Gasteiger partial charge in [0.25, 0.3) is 5.91 Å². The summed E-state index contributed by atoms with van der Waals surface area (Å²) in [5, 5.41) is 2.86. The molecule has 7 heteroatoms. The number of hydrogen-bond acceptors (Lipinski definition) is 5. The van der Waals surface area contributed by atoms with Gasteiger partial charge in [-0.05, 0) is 36.6 Å². The van der Waals surface area contributed by atoms with Crippen LogP contribution in [0.25, 0.3) is 10.2 Å². The van der Waals surface area contributed by atoms with Gasteiger partial charge in [0.1, 0.15) is 0 Å². The molecular weight excluding hydrogens is 354 g/mol. The number of aromatic nitrogens is 1. The molecule has 25 heavy (non-hydrogen) atoms. The number of likely N-dealkylation sites (N-methyl/N-ethyl adjacent to an activating group) is 1. The van der Waals surface area contributed by atoms with Crippen molar-refractivity contribution in [2.45, 2.75) is 4.90 Å². The van der Waals surface area contributed by atoms with Crippen LogP contribution in [0, 0.1) is 0 Å². The van der Waals surface area contributed by atoms with Crippen LogP contribution < -0.4 is 5.32 Å². The number of carbonyl (C=O) groups is 2. The highest BCUT2D eigenvalue weighted by Crippen LogP contribution is 2.24. The van der Waals surface area contributed by atoms with Gasteiger partial charge in [0, 0.05) is 17.5 Å². The lowest BCUT2D eigenvalue weighted by Crippen LogP contribution is -2.35. The zero-order valence-corrected chi connectivity index (χ0v) is 15.5. The summed E-state index contributed by atoms with van der Waals surface area (Å²) in [4.78, 5) is 31.4. The summed E-state index contributed by atoms with van der Waals surface area (Å²) in [5.41, 5.74) is 3.93. The highest BCUT2D eigenvalue weighted by atomic mass is 32.2. The molecule has 3 aromatic rings. The van der Waals surface area contributed by atoms with Gasteiger partial charge in [-0.2, -0.15) is 0 Å². The Morgan fingerprint density at radius 1 is 1.24 bits per heavy atom. The summed E-state index contributed by atoms with van der Waals surface area (Å²) >= 11 is 3.05. The predicted octanol–water partition coefficient (Wildman–Crippen LogP) is 3.73. The van der Waals surface area contributed by atoms with Crippen LogP contribution in [0.2, 0.25) is 0 Å². The van der Waals surface area contributed by atoms with Gasteiger partial charge in [-0.15, -0.1) is 23.1 Å². The molecule has 1 heterocycles. The van der Waals surface area contributed by atoms with Crippen LogP contribution in [-0.4, -0.2) is 41.5 Å². The Morgan fingerprint density at radius 3 is 2.84 bits per heavy atom. The Bertz CT molecular complexity index is 923. The molecule has 0 radical (unpaired) electrons. The summed E-state index contributed by atoms with van der Waals surface area (Å²) in [5.74, 6) is -0.417. The van der Waals surface area contributed by atoms with E-state index in [-0.39, 0.29) is 18.4 Å². The molecule has 0 aliphatic carbocycles. The van der Waals surface area contributed by atoms with Gasteiger partial charge >= 0.3 is 0 Å². The van der Waals surface area contributed by atoms with Crippen molar-refractivity contribution < 1.29 is 9.59 Å². The number of fused-ring (bicyclic) bond motifs is 1. The largest absolute Gasteiger partial charge is 0.332 e. The average molecular weight is 371 g/mol. The fraction of sp³-hybridized carbons (Fsp3) is 0.167. The molecule has 5 nitrogen and oxygen atoms in total. The molecule has 0 aliphatic heterocycles. The molecule has 2 amide bonds. The number of rotatable bonds is 5. The zero-order valence-electron chi connectivity index (χ0n) is 13.9. The van der Waals surface area contributed by atoms with Gasteiger partial charge in [-0.1, -0.05) is 12.1 Å². The van der Waals surface area contributed by atoms with E-state index >= 15 is 0 Å². The summed E-state index contributed by atoms with van der Waals surface area (Å²) in [6.45, 7) is -0.0116. The van der Waals surface area contributed by atoms with E-state index in [4.69, 9.17) is 0 Å². The van der Waals surface area contributed by atoms with Crippen LogP contribution in [-0.2, 0) is 4.79 Å². The number of nitrogens with zero attached hydrogens (tertiary/aromatic N) is 2. The summed E-state index contributed by atoms with van der Waals surface area (Å²) < 4.78 is 0.956. The number of thioether (sulfide) groups is 1. The molecular formula is C18H17N3O2S2. The van der Waals surface area contributed by atoms with Crippen LogP contribution >= 0.6 is 23.1 Å². The lowest BCUT2D eigenvalue weighted by atomic mass is 10.2. The molecule has 3 rings (SSSR count). The number of anilines is 1. The number of thiazole rings is 1. The summed E-state index contributed by atoms with van der Waals surface area (Å²) in [7, 11) is 1.62. The number of carbonyl (C=O) groups excluding carboxylic acids is 2. The first-order valence-corrected chi connectivity index (χ1v) is 9.70. The lowest BCUT2D eigenvalue weighted by Gasteiger charge is -2.17. The molecule has 2 aromatic carbocycles. The zero-order chi connectivity index (χ0) is 17.8. The van der Waals surface area contributed by atoms with E-state index in [1.807, 2.05) is 42.7 Å². The maximum Gasteiger partial charge on any atom is 0.254 e. The van der Waals surface area contributed by atoms with Crippen molar-refractivity contribution in [2.24, 2.45) is 0 Å². The standard InChI is InChI=1S/C18H17N3O2S2/c1-21(10-17(22)20-14-5-3-4-6-15(14)24-2)18(23)12-7-8-13-16(9-12)25-11-19-13/h3-9,11H,10H2,1-2H3,(H,20,22). The number of hydrogen-bond donors (Lipinski definition) is 1. The molecule has 1 N–H and O–H groups in total. The van der Waals surface area contributed by atoms with Crippen LogP contribution in [0.4, 0.5) is 5.69 Å². The lowest BCUT2D eigenvalue weighted by molar-refractivity contribution is -0.116. The summed E-state index contributed by atoms with van der Waals surface area (Å²) in [6, 6.07) is 13.0. The molecule has 0 saturated carbocycles. The third kappa shape index (κ3) is 4.00. The molecule has 0 bridgehead atoms. The third-order valence-electron chi connectivity index (χ3n) is 3.69. The first kappa shape index (κ1) is 17.4. The average Bonchev–Trinajstić information content (AvgIpc) is 3.09. The summed E-state index contributed by atoms with van der Waals surface area (Å²) in [6.07, 6.45) is 1.95. The first-order chi connectivity index (χ1) is 12.1. The fourth-order valence-corrected chi connectivity index (χ4v) is 3.70. The molecule has 1 aromatic heterocycles. The fourth-order valence-electron chi connectivity index (χ4n) is 2.43. The van der Waals surface area contributed by atoms with Crippen molar-refractivity contribution in [3.05, 3.63) is 53.5 Å². The molecule has 0 unspecified atom stereocenters. The maximum atomic E-state index is 12.5. The Balaban J connectivity index is 1.67. The number of amides is 2. The SMILES string of the molecule is CSc1ccccc1NC(=O)CN(C)C(=O)c1ccc2ncsc2c1. The van der Waals surface area contributed by atoms with Gasteiger partial charge in [-0.3, -0.25) is 9.59 Å². The molecule has 0 saturated heterocycles. The minimum absolute atomic E-state index is 0.0116. The van der Waals surface area contributed by atoms with Crippen LogP contribution in [0.15, 0.2) is 52.9 Å². The van der Waals surface area contributed by atoms with E-state index in [2.05, 4.69) is 10.3 Å². The number of nitrogens with one attached hydrogen (secondary N) is 1. The minimum atomic E-state index is -0.226. The van der Waals surface area contributed by atoms with Crippen LogP contribution in [0.3, 0.4) is 0 Å². The van der Waals surface area contributed by atoms with E-state index in [0.717, 1.165) is 20.8 Å². The van der Waals surface area contributed by atoms with E-state index in [1.165, 1.54) is 16.2 Å². The Hall–Kier alpha value is -2.38. The second kappa shape index (κ2) is 7.67. The van der Waals surface area contributed by atoms with E-state index in [9.17, 15) is 9.59 Å². The van der Waals surface area contributed by atoms with E-state index in [0.29, 0.717) is 5.56 Å². The van der Waals surface area contributed by atoms with Crippen molar-refractivity contribution in [3.63, 3.8) is 0 Å². The highest BCUT2D eigenvalue weighted by Gasteiger charge is 2.16. The Kier molecular flexibility index (Phi) is 5.35. The highest BCUT2D eigenvalue weighted by molar-refractivity contribution is 7.98. The third-order valence-corrected chi connectivity index (χ3v) is 5.27. The van der Waals surface area contributed by atoms with Crippen molar-refractivity contribution in [1.82, 2.24) is 9.88 Å². The number of para-hydroxylation sites is 1. The molecule has 0 fully saturated rings. The van der Waals surface area contributed by atoms with Gasteiger partial charge < -0.3 is 10.2 Å². The van der Waals surface area contributed by atoms with Crippen molar-refractivity contribution >= 4 is 50.8 Å². The molecule has 0 atom stereocenters. The smallest absolute Gasteiger partial charge is 0.254 e. The first-order valence-electron chi connectivity index (χ1n) is 7.60. The predicted molar refractivity (Wildman–Crippen MR) is 103 cm³/mol. The second-order valence-electron chi connectivity index (χ2n) is 5.44. The quantitative estimate of drug-likeness (QED) is 0.694. The topological polar surface area (TPSA) is 62.3 Å². The van der Waals surface area contributed by atoms with E-state index in [1.54, 1.807) is 30.4 Å². The monoisotopic (exact) mass is 371 g/mol. The van der Waals surface area contributed by atoms with Gasteiger partial charge in [0.2, 0.25) is 5.91 Å². The Labute approximate surface area is 154 Å². The van der Waals surface area contributed by atoms with Crippen molar-refractivity contribution in [2.75, 3.05) is 25.2 Å². The van der Waals surface area contributed by atoms with Crippen molar-refractivity contribution in [1.29, 1.82) is 0 Å². The molecule has 128 valence electrons. The van der Waals surface area contributed by atoms with Crippen LogP contribution in [0.5, 0.6) is 0 Å².